The molecule has 0 bridgehead atoms. The number of aromatic nitrogens is 4. The standard InChI is InChI=1S/C9H13N7O/c1-11-9-14-7(12-3-2-6(10)17)5-4-13-16-8(5)15-9/h4H,2-3H2,1H3,(H2,10,17)(H3,11,12,13,14,15,16). The molecule has 2 rings (SSSR count). The summed E-state index contributed by atoms with van der Waals surface area (Å²) in [6.45, 7) is 0.426. The van der Waals surface area contributed by atoms with E-state index in [2.05, 4.69) is 30.8 Å². The Labute approximate surface area is 97.0 Å². The van der Waals surface area contributed by atoms with Crippen LogP contribution in [0.3, 0.4) is 0 Å². The number of rotatable bonds is 5. The van der Waals surface area contributed by atoms with Crippen molar-refractivity contribution < 1.29 is 4.79 Å². The van der Waals surface area contributed by atoms with E-state index in [0.29, 0.717) is 24.0 Å². The van der Waals surface area contributed by atoms with Gasteiger partial charge in [-0.15, -0.1) is 0 Å². The van der Waals surface area contributed by atoms with E-state index >= 15 is 0 Å². The molecule has 0 aliphatic rings. The van der Waals surface area contributed by atoms with E-state index in [1.165, 1.54) is 0 Å². The highest BCUT2D eigenvalue weighted by Crippen LogP contribution is 2.19. The van der Waals surface area contributed by atoms with Gasteiger partial charge in [-0.3, -0.25) is 9.89 Å². The van der Waals surface area contributed by atoms with Crippen molar-refractivity contribution in [3.63, 3.8) is 0 Å². The van der Waals surface area contributed by atoms with Crippen LogP contribution >= 0.6 is 0 Å². The molecular weight excluding hydrogens is 222 g/mol. The molecule has 0 unspecified atom stereocenters. The summed E-state index contributed by atoms with van der Waals surface area (Å²) in [7, 11) is 1.73. The molecule has 90 valence electrons. The number of fused-ring (bicyclic) bond motifs is 1. The first kappa shape index (κ1) is 11.1. The zero-order valence-electron chi connectivity index (χ0n) is 9.32. The van der Waals surface area contributed by atoms with Crippen LogP contribution in [0.15, 0.2) is 6.20 Å². The Morgan fingerprint density at radius 1 is 1.53 bits per heavy atom. The topological polar surface area (TPSA) is 122 Å². The number of aromatic amines is 1. The lowest BCUT2D eigenvalue weighted by atomic mass is 10.3. The van der Waals surface area contributed by atoms with Crippen molar-refractivity contribution in [3.05, 3.63) is 6.20 Å². The fraction of sp³-hybridized carbons (Fsp3) is 0.333. The number of hydrogen-bond acceptors (Lipinski definition) is 6. The van der Waals surface area contributed by atoms with Gasteiger partial charge in [0.15, 0.2) is 5.65 Å². The molecule has 8 heteroatoms. The Balaban J connectivity index is 2.24. The Morgan fingerprint density at radius 3 is 3.06 bits per heavy atom. The number of nitrogens with zero attached hydrogens (tertiary/aromatic N) is 3. The van der Waals surface area contributed by atoms with Crippen LogP contribution in [-0.2, 0) is 4.79 Å². The molecule has 2 heterocycles. The van der Waals surface area contributed by atoms with Crippen LogP contribution in [0.4, 0.5) is 11.8 Å². The summed E-state index contributed by atoms with van der Waals surface area (Å²) in [6, 6.07) is 0. The quantitative estimate of drug-likeness (QED) is 0.563. The van der Waals surface area contributed by atoms with Crippen LogP contribution in [0.1, 0.15) is 6.42 Å². The number of primary amides is 1. The van der Waals surface area contributed by atoms with Crippen LogP contribution < -0.4 is 16.4 Å². The van der Waals surface area contributed by atoms with Gasteiger partial charge in [-0.25, -0.2) is 0 Å². The average molecular weight is 235 g/mol. The lowest BCUT2D eigenvalue weighted by Crippen LogP contribution is -2.16. The summed E-state index contributed by atoms with van der Waals surface area (Å²) in [5.74, 6) is 0.738. The zero-order chi connectivity index (χ0) is 12.3. The molecular formula is C9H13N7O. The summed E-state index contributed by atoms with van der Waals surface area (Å²) in [5, 5.41) is 13.3. The number of nitrogens with one attached hydrogen (secondary N) is 3. The van der Waals surface area contributed by atoms with E-state index < -0.39 is 0 Å². The number of nitrogens with two attached hydrogens (primary N) is 1. The molecule has 2 aromatic rings. The maximum atomic E-state index is 10.6. The molecule has 8 nitrogen and oxygen atoms in total. The van der Waals surface area contributed by atoms with E-state index in [-0.39, 0.29) is 12.3 Å². The summed E-state index contributed by atoms with van der Waals surface area (Å²) < 4.78 is 0. The highest BCUT2D eigenvalue weighted by atomic mass is 16.1. The zero-order valence-corrected chi connectivity index (χ0v) is 9.32. The highest BCUT2D eigenvalue weighted by Gasteiger charge is 2.08. The number of anilines is 2. The summed E-state index contributed by atoms with van der Waals surface area (Å²) >= 11 is 0. The second kappa shape index (κ2) is 4.64. The normalized spacial score (nSPS) is 10.4. The number of carbonyl (C=O) groups excluding carboxylic acids is 1. The largest absolute Gasteiger partial charge is 0.370 e. The molecule has 0 saturated heterocycles. The van der Waals surface area contributed by atoms with Crippen molar-refractivity contribution in [3.8, 4) is 0 Å². The van der Waals surface area contributed by atoms with Gasteiger partial charge >= 0.3 is 0 Å². The molecule has 2 aromatic heterocycles. The number of amides is 1. The Bertz CT molecular complexity index is 535. The predicted molar refractivity (Wildman–Crippen MR) is 63.5 cm³/mol. The fourth-order valence-electron chi connectivity index (χ4n) is 1.39. The van der Waals surface area contributed by atoms with Gasteiger partial charge in [0, 0.05) is 20.0 Å². The highest BCUT2D eigenvalue weighted by molar-refractivity contribution is 5.87. The van der Waals surface area contributed by atoms with E-state index in [1.54, 1.807) is 13.2 Å². The Kier molecular flexibility index (Phi) is 3.03. The molecule has 5 N–H and O–H groups in total. The molecule has 0 aliphatic carbocycles. The lowest BCUT2D eigenvalue weighted by Gasteiger charge is -2.06. The van der Waals surface area contributed by atoms with E-state index in [9.17, 15) is 4.79 Å². The first-order valence-corrected chi connectivity index (χ1v) is 5.11. The van der Waals surface area contributed by atoms with Crippen molar-refractivity contribution in [2.75, 3.05) is 24.2 Å². The average Bonchev–Trinajstić information content (AvgIpc) is 2.76. The van der Waals surface area contributed by atoms with Gasteiger partial charge in [0.25, 0.3) is 0 Å². The van der Waals surface area contributed by atoms with Crippen molar-refractivity contribution in [2.45, 2.75) is 6.42 Å². The van der Waals surface area contributed by atoms with Gasteiger partial charge in [0.1, 0.15) is 5.82 Å². The first-order valence-electron chi connectivity index (χ1n) is 5.11. The van der Waals surface area contributed by atoms with Gasteiger partial charge in [-0.05, 0) is 0 Å². The van der Waals surface area contributed by atoms with Gasteiger partial charge in [-0.1, -0.05) is 0 Å². The number of carbonyl (C=O) groups is 1. The molecule has 0 radical (unpaired) electrons. The monoisotopic (exact) mass is 235 g/mol. The molecule has 1 amide bonds. The van der Waals surface area contributed by atoms with Gasteiger partial charge in [0.05, 0.1) is 11.6 Å². The maximum absolute atomic E-state index is 10.6. The minimum Gasteiger partial charge on any atom is -0.370 e. The van der Waals surface area contributed by atoms with E-state index in [0.717, 1.165) is 5.39 Å². The van der Waals surface area contributed by atoms with Gasteiger partial charge < -0.3 is 16.4 Å². The van der Waals surface area contributed by atoms with Gasteiger partial charge in [-0.2, -0.15) is 15.1 Å². The fourth-order valence-corrected chi connectivity index (χ4v) is 1.39. The smallest absolute Gasteiger partial charge is 0.226 e. The molecule has 0 spiro atoms. The maximum Gasteiger partial charge on any atom is 0.226 e. The van der Waals surface area contributed by atoms with Crippen molar-refractivity contribution in [1.29, 1.82) is 0 Å². The number of hydrogen-bond donors (Lipinski definition) is 4. The van der Waals surface area contributed by atoms with Crippen LogP contribution in [0.2, 0.25) is 0 Å². The molecule has 17 heavy (non-hydrogen) atoms. The molecule has 0 aliphatic heterocycles. The van der Waals surface area contributed by atoms with E-state index in [4.69, 9.17) is 5.73 Å². The molecule has 0 fully saturated rings. The Morgan fingerprint density at radius 2 is 2.35 bits per heavy atom. The Hall–Kier alpha value is -2.38. The van der Waals surface area contributed by atoms with Crippen LogP contribution in [0, 0.1) is 0 Å². The number of H-pyrrole nitrogens is 1. The van der Waals surface area contributed by atoms with Crippen molar-refractivity contribution in [2.24, 2.45) is 5.73 Å². The van der Waals surface area contributed by atoms with Crippen LogP contribution in [0.25, 0.3) is 11.0 Å². The SMILES string of the molecule is CNc1nc(NCCC(N)=O)c2cn[nH]c2n1. The van der Waals surface area contributed by atoms with Crippen molar-refractivity contribution >= 4 is 28.7 Å². The third-order valence-electron chi connectivity index (χ3n) is 2.20. The summed E-state index contributed by atoms with van der Waals surface area (Å²) in [4.78, 5) is 19.1. The third kappa shape index (κ3) is 2.41. The van der Waals surface area contributed by atoms with Crippen molar-refractivity contribution in [1.82, 2.24) is 20.2 Å². The first-order chi connectivity index (χ1) is 8.20. The summed E-state index contributed by atoms with van der Waals surface area (Å²) in [5.41, 5.74) is 5.69. The van der Waals surface area contributed by atoms with Crippen LogP contribution in [0.5, 0.6) is 0 Å². The molecule has 0 saturated carbocycles. The van der Waals surface area contributed by atoms with E-state index in [1.807, 2.05) is 0 Å². The minimum absolute atomic E-state index is 0.248. The molecule has 0 atom stereocenters. The van der Waals surface area contributed by atoms with Gasteiger partial charge in [0.2, 0.25) is 11.9 Å². The van der Waals surface area contributed by atoms with Crippen LogP contribution in [-0.4, -0.2) is 39.7 Å². The minimum atomic E-state index is -0.358. The second-order valence-electron chi connectivity index (χ2n) is 3.42. The lowest BCUT2D eigenvalue weighted by molar-refractivity contribution is -0.117. The third-order valence-corrected chi connectivity index (χ3v) is 2.20. The predicted octanol–water partition coefficient (Wildman–Crippen LogP) is -0.318. The second-order valence-corrected chi connectivity index (χ2v) is 3.42. The summed E-state index contributed by atoms with van der Waals surface area (Å²) in [6.07, 6.45) is 1.87. The molecule has 0 aromatic carbocycles.